The van der Waals surface area contributed by atoms with Gasteiger partial charge in [-0.25, -0.2) is 14.6 Å². The fraction of sp³-hybridized carbons (Fsp3) is 0.182. The van der Waals surface area contributed by atoms with Crippen LogP contribution in [0, 0.1) is 5.82 Å². The molecular formula is C22H20FN5O3S. The van der Waals surface area contributed by atoms with Gasteiger partial charge in [-0.3, -0.25) is 14.8 Å². The van der Waals surface area contributed by atoms with Crippen molar-refractivity contribution in [2.24, 2.45) is 0 Å². The van der Waals surface area contributed by atoms with Gasteiger partial charge in [-0.15, -0.1) is 16.4 Å². The molecule has 0 aliphatic carbocycles. The number of hydroxylamine groups is 1. The van der Waals surface area contributed by atoms with Gasteiger partial charge >= 0.3 is 0 Å². The molecule has 0 fully saturated rings. The van der Waals surface area contributed by atoms with Gasteiger partial charge in [0.1, 0.15) is 11.5 Å². The molecule has 0 saturated heterocycles. The molecule has 2 heterocycles. The van der Waals surface area contributed by atoms with E-state index in [0.29, 0.717) is 17.7 Å². The maximum Gasteiger partial charge on any atom is 0.251 e. The van der Waals surface area contributed by atoms with Crippen LogP contribution in [0.15, 0.2) is 60.1 Å². The molecule has 0 spiro atoms. The lowest BCUT2D eigenvalue weighted by molar-refractivity contribution is -0.130. The monoisotopic (exact) mass is 453 g/mol. The molecule has 0 radical (unpaired) electrons. The number of halogens is 1. The van der Waals surface area contributed by atoms with Gasteiger partial charge in [0.25, 0.3) is 5.91 Å². The molecule has 1 atom stereocenters. The summed E-state index contributed by atoms with van der Waals surface area (Å²) in [6.45, 7) is 0.121. The summed E-state index contributed by atoms with van der Waals surface area (Å²) in [5.41, 5.74) is 3.53. The number of fused-ring (bicyclic) bond motifs is 1. The van der Waals surface area contributed by atoms with Crippen LogP contribution in [0.4, 0.5) is 4.39 Å². The lowest BCUT2D eigenvalue weighted by atomic mass is 10.0. The molecule has 4 aromatic rings. The number of thiophene rings is 1. The largest absolute Gasteiger partial charge is 0.346 e. The number of amides is 2. The van der Waals surface area contributed by atoms with Gasteiger partial charge in [0.05, 0.1) is 25.2 Å². The first kappa shape index (κ1) is 21.6. The van der Waals surface area contributed by atoms with Crippen molar-refractivity contribution in [3.8, 4) is 0 Å². The van der Waals surface area contributed by atoms with Gasteiger partial charge < -0.3 is 5.32 Å². The Bertz CT molecular complexity index is 1240. The highest BCUT2D eigenvalue weighted by molar-refractivity contribution is 7.17. The Balaban J connectivity index is 1.46. The Labute approximate surface area is 186 Å². The van der Waals surface area contributed by atoms with Crippen molar-refractivity contribution in [3.05, 3.63) is 82.7 Å². The van der Waals surface area contributed by atoms with E-state index in [1.807, 2.05) is 23.6 Å². The summed E-state index contributed by atoms with van der Waals surface area (Å²) in [6, 6.07) is 13.0. The lowest BCUT2D eigenvalue weighted by Gasteiger charge is -2.16. The highest BCUT2D eigenvalue weighted by Gasteiger charge is 2.19. The topological polar surface area (TPSA) is 109 Å². The van der Waals surface area contributed by atoms with E-state index >= 15 is 0 Å². The summed E-state index contributed by atoms with van der Waals surface area (Å²) < 4.78 is 15.7. The zero-order valence-electron chi connectivity index (χ0n) is 16.9. The zero-order valence-corrected chi connectivity index (χ0v) is 17.7. The smallest absolute Gasteiger partial charge is 0.251 e. The number of rotatable bonds is 8. The Morgan fingerprint density at radius 3 is 2.75 bits per heavy atom. The van der Waals surface area contributed by atoms with Crippen LogP contribution in [0.3, 0.4) is 0 Å². The fourth-order valence-corrected chi connectivity index (χ4v) is 4.22. The molecule has 10 heteroatoms. The third kappa shape index (κ3) is 5.16. The van der Waals surface area contributed by atoms with Crippen molar-refractivity contribution >= 4 is 33.2 Å². The molecule has 0 saturated carbocycles. The second kappa shape index (κ2) is 9.67. The molecule has 3 N–H and O–H groups in total. The number of nitrogens with one attached hydrogen (secondary N) is 2. The number of carbonyl (C=O) groups excluding carboxylic acids is 2. The minimum atomic E-state index is -0.533. The molecule has 4 rings (SSSR count). The molecule has 0 aliphatic heterocycles. The normalized spacial score (nSPS) is 11.9. The van der Waals surface area contributed by atoms with Gasteiger partial charge in [-0.2, -0.15) is 0 Å². The molecule has 0 bridgehead atoms. The lowest BCUT2D eigenvalue weighted by Crippen LogP contribution is -2.25. The first-order chi connectivity index (χ1) is 15.5. The van der Waals surface area contributed by atoms with Crippen molar-refractivity contribution in [2.45, 2.75) is 25.4 Å². The average Bonchev–Trinajstić information content (AvgIpc) is 3.46. The quantitative estimate of drug-likeness (QED) is 0.280. The second-order valence-electron chi connectivity index (χ2n) is 7.27. The van der Waals surface area contributed by atoms with Gasteiger partial charge in [-0.05, 0) is 59.1 Å². The molecule has 2 amide bonds. The fourth-order valence-electron chi connectivity index (χ4n) is 3.36. The first-order valence-electron chi connectivity index (χ1n) is 9.85. The van der Waals surface area contributed by atoms with Gasteiger partial charge in [0, 0.05) is 10.3 Å². The molecule has 2 aromatic carbocycles. The molecule has 2 aromatic heterocycles. The van der Waals surface area contributed by atoms with E-state index in [0.717, 1.165) is 15.6 Å². The van der Waals surface area contributed by atoms with Crippen LogP contribution in [-0.4, -0.2) is 32.0 Å². The minimum absolute atomic E-state index is 0.00369. The molecule has 32 heavy (non-hydrogen) atoms. The minimum Gasteiger partial charge on any atom is -0.346 e. The van der Waals surface area contributed by atoms with Crippen LogP contribution in [0.1, 0.15) is 34.1 Å². The van der Waals surface area contributed by atoms with Crippen molar-refractivity contribution < 1.29 is 19.2 Å². The highest BCUT2D eigenvalue weighted by atomic mass is 32.1. The van der Waals surface area contributed by atoms with Crippen LogP contribution in [0.5, 0.6) is 0 Å². The number of nitrogens with zero attached hydrogens (tertiary/aromatic N) is 3. The van der Waals surface area contributed by atoms with E-state index in [4.69, 9.17) is 5.21 Å². The van der Waals surface area contributed by atoms with E-state index in [9.17, 15) is 14.0 Å². The molecule has 0 unspecified atom stereocenters. The zero-order chi connectivity index (χ0) is 22.5. The van der Waals surface area contributed by atoms with Gasteiger partial charge in [0.2, 0.25) is 5.91 Å². The van der Waals surface area contributed by atoms with Crippen LogP contribution in [0.25, 0.3) is 10.1 Å². The van der Waals surface area contributed by atoms with Crippen LogP contribution < -0.4 is 10.8 Å². The van der Waals surface area contributed by atoms with Crippen molar-refractivity contribution in [1.29, 1.82) is 0 Å². The number of aromatic nitrogens is 3. The molecule has 8 nitrogen and oxygen atoms in total. The highest BCUT2D eigenvalue weighted by Crippen LogP contribution is 2.25. The first-order valence-corrected chi connectivity index (χ1v) is 10.7. The van der Waals surface area contributed by atoms with Crippen LogP contribution in [0.2, 0.25) is 0 Å². The second-order valence-corrected chi connectivity index (χ2v) is 8.22. The third-order valence-electron chi connectivity index (χ3n) is 5.01. The predicted molar refractivity (Wildman–Crippen MR) is 117 cm³/mol. The van der Waals surface area contributed by atoms with Gasteiger partial charge in [-0.1, -0.05) is 17.3 Å². The average molecular weight is 453 g/mol. The molecular weight excluding hydrogens is 433 g/mol. The predicted octanol–water partition coefficient (Wildman–Crippen LogP) is 3.24. The van der Waals surface area contributed by atoms with E-state index in [1.54, 1.807) is 27.7 Å². The SMILES string of the molecule is O=C(C[C@@H](Cc1ccc2ccsc2c1)n1cc(CNC(=O)c2ccc(F)cc2)nn1)NO. The van der Waals surface area contributed by atoms with Crippen LogP contribution in [-0.2, 0) is 17.8 Å². The summed E-state index contributed by atoms with van der Waals surface area (Å²) in [5, 5.41) is 23.1. The summed E-state index contributed by atoms with van der Waals surface area (Å²) in [4.78, 5) is 24.1. The van der Waals surface area contributed by atoms with E-state index < -0.39 is 11.7 Å². The number of carbonyl (C=O) groups is 2. The number of benzene rings is 2. The van der Waals surface area contributed by atoms with Crippen molar-refractivity contribution in [1.82, 2.24) is 25.8 Å². The Morgan fingerprint density at radius 2 is 1.97 bits per heavy atom. The summed E-state index contributed by atoms with van der Waals surface area (Å²) in [5.74, 6) is -1.31. The summed E-state index contributed by atoms with van der Waals surface area (Å²) >= 11 is 1.64. The van der Waals surface area contributed by atoms with Crippen LogP contribution >= 0.6 is 11.3 Å². The number of hydrogen-bond donors (Lipinski definition) is 3. The maximum absolute atomic E-state index is 13.0. The summed E-state index contributed by atoms with van der Waals surface area (Å²) in [7, 11) is 0. The Kier molecular flexibility index (Phi) is 6.52. The third-order valence-corrected chi connectivity index (χ3v) is 5.89. The Hall–Kier alpha value is -3.63. The van der Waals surface area contributed by atoms with E-state index in [2.05, 4.69) is 21.7 Å². The Morgan fingerprint density at radius 1 is 1.16 bits per heavy atom. The molecule has 164 valence electrons. The van der Waals surface area contributed by atoms with E-state index in [-0.39, 0.29) is 24.9 Å². The standard InChI is InChI=1S/C22H20FN5O3S/c23-17-5-3-16(4-6-17)22(30)24-12-18-13-28(27-25-18)19(11-21(29)26-31)9-14-1-2-15-7-8-32-20(15)10-14/h1-8,10,13,19,31H,9,11-12H2,(H,24,30)(H,26,29)/t19-/m1/s1. The molecule has 0 aliphatic rings. The number of hydrogen-bond acceptors (Lipinski definition) is 6. The maximum atomic E-state index is 13.0. The van der Waals surface area contributed by atoms with E-state index in [1.165, 1.54) is 24.3 Å². The summed E-state index contributed by atoms with van der Waals surface area (Å²) in [6.07, 6.45) is 2.17. The van der Waals surface area contributed by atoms with Gasteiger partial charge in [0.15, 0.2) is 0 Å². The van der Waals surface area contributed by atoms with Crippen molar-refractivity contribution in [2.75, 3.05) is 0 Å². The van der Waals surface area contributed by atoms with Crippen molar-refractivity contribution in [3.63, 3.8) is 0 Å².